The van der Waals surface area contributed by atoms with Gasteiger partial charge in [-0.25, -0.2) is 0 Å². The maximum absolute atomic E-state index is 9.75. The summed E-state index contributed by atoms with van der Waals surface area (Å²) in [6.45, 7) is 4.26. The smallest absolute Gasteiger partial charge is 0.418 e. The fourth-order valence-electron chi connectivity index (χ4n) is 0.926. The predicted octanol–water partition coefficient (Wildman–Crippen LogP) is 4.59. The Labute approximate surface area is 91.0 Å². The van der Waals surface area contributed by atoms with Crippen molar-refractivity contribution in [3.63, 3.8) is 0 Å². The maximum atomic E-state index is 9.75. The van der Waals surface area contributed by atoms with Crippen molar-refractivity contribution in [2.24, 2.45) is 0 Å². The highest BCUT2D eigenvalue weighted by Gasteiger charge is 2.20. The van der Waals surface area contributed by atoms with E-state index in [9.17, 15) is 17.3 Å². The molecular weight excluding hydrogens is 223 g/mol. The van der Waals surface area contributed by atoms with Crippen molar-refractivity contribution < 1.29 is 17.3 Å². The van der Waals surface area contributed by atoms with Gasteiger partial charge in [0.15, 0.2) is 4.98 Å². The third kappa shape index (κ3) is 7.79. The van der Waals surface area contributed by atoms with Crippen molar-refractivity contribution in [1.82, 2.24) is 0 Å². The SMILES string of the molecule is CC(C)c1ccc([N+]#N)cc1.F[B-](F)(F)F. The van der Waals surface area contributed by atoms with Crippen LogP contribution in [0.3, 0.4) is 0 Å². The average molecular weight is 234 g/mol. The lowest BCUT2D eigenvalue weighted by Gasteiger charge is -2.00. The molecule has 1 rings (SSSR count). The molecule has 7 heteroatoms. The highest BCUT2D eigenvalue weighted by molar-refractivity contribution is 6.50. The molecule has 0 N–H and O–H groups in total. The summed E-state index contributed by atoms with van der Waals surface area (Å²) in [5.41, 5.74) is 1.87. The molecule has 0 aliphatic heterocycles. The summed E-state index contributed by atoms with van der Waals surface area (Å²) in [4.78, 5) is 3.07. The van der Waals surface area contributed by atoms with Crippen LogP contribution in [0.5, 0.6) is 0 Å². The van der Waals surface area contributed by atoms with Gasteiger partial charge < -0.3 is 17.3 Å². The highest BCUT2D eigenvalue weighted by Crippen LogP contribution is 2.18. The molecule has 1 aromatic rings. The van der Waals surface area contributed by atoms with E-state index in [-0.39, 0.29) is 0 Å². The Kier molecular flexibility index (Phi) is 5.50. The molecule has 0 saturated heterocycles. The lowest BCUT2D eigenvalue weighted by atomic mass is 10.0. The second kappa shape index (κ2) is 6.11. The van der Waals surface area contributed by atoms with E-state index in [1.54, 1.807) is 12.1 Å². The molecule has 0 aliphatic carbocycles. The minimum atomic E-state index is -6.00. The average Bonchev–Trinajstić information content (AvgIpc) is 2.15. The van der Waals surface area contributed by atoms with Gasteiger partial charge in [-0.3, -0.25) is 0 Å². The molecule has 0 bridgehead atoms. The molecule has 0 aliphatic rings. The van der Waals surface area contributed by atoms with E-state index in [0.717, 1.165) is 0 Å². The molecule has 0 atom stereocenters. The first kappa shape index (κ1) is 14.4. The van der Waals surface area contributed by atoms with Crippen LogP contribution in [0.2, 0.25) is 0 Å². The zero-order valence-corrected chi connectivity index (χ0v) is 8.87. The largest absolute Gasteiger partial charge is 0.673 e. The van der Waals surface area contributed by atoms with Crippen molar-refractivity contribution in [3.05, 3.63) is 34.8 Å². The molecule has 1 aromatic carbocycles. The summed E-state index contributed by atoms with van der Waals surface area (Å²) in [6, 6.07) is 7.55. The Morgan fingerprint density at radius 3 is 1.69 bits per heavy atom. The van der Waals surface area contributed by atoms with Gasteiger partial charge in [-0.2, -0.15) is 0 Å². The van der Waals surface area contributed by atoms with Gasteiger partial charge in [0.1, 0.15) is 0 Å². The molecule has 0 saturated carbocycles. The molecule has 0 fully saturated rings. The molecule has 88 valence electrons. The fraction of sp³-hybridized carbons (Fsp3) is 0.333. The summed E-state index contributed by atoms with van der Waals surface area (Å²) in [7, 11) is -6.00. The first-order valence-corrected chi connectivity index (χ1v) is 4.56. The second-order valence-electron chi connectivity index (χ2n) is 3.34. The summed E-state index contributed by atoms with van der Waals surface area (Å²) in [5, 5.41) is 8.39. The fourth-order valence-corrected chi connectivity index (χ4v) is 0.926. The Morgan fingerprint density at radius 2 is 1.44 bits per heavy atom. The van der Waals surface area contributed by atoms with E-state index in [1.807, 2.05) is 12.1 Å². The molecular formula is C9H11BF4N2. The minimum Gasteiger partial charge on any atom is -0.418 e. The van der Waals surface area contributed by atoms with Gasteiger partial charge in [0.2, 0.25) is 5.39 Å². The normalized spacial score (nSPS) is 10.4. The van der Waals surface area contributed by atoms with Gasteiger partial charge in [-0.15, -0.1) is 0 Å². The molecule has 16 heavy (non-hydrogen) atoms. The zero-order chi connectivity index (χ0) is 12.8. The van der Waals surface area contributed by atoms with Crippen LogP contribution in [0.1, 0.15) is 25.3 Å². The van der Waals surface area contributed by atoms with Gasteiger partial charge >= 0.3 is 12.9 Å². The van der Waals surface area contributed by atoms with Crippen LogP contribution in [-0.2, 0) is 0 Å². The molecule has 0 aromatic heterocycles. The number of hydrogen-bond acceptors (Lipinski definition) is 1. The van der Waals surface area contributed by atoms with E-state index in [4.69, 9.17) is 5.39 Å². The molecule has 0 heterocycles. The zero-order valence-electron chi connectivity index (χ0n) is 8.87. The quantitative estimate of drug-likeness (QED) is 0.396. The summed E-state index contributed by atoms with van der Waals surface area (Å²) in [5.74, 6) is 0.530. The monoisotopic (exact) mass is 234 g/mol. The second-order valence-corrected chi connectivity index (χ2v) is 3.34. The Bertz CT molecular complexity index is 347. The van der Waals surface area contributed by atoms with Gasteiger partial charge in [0.25, 0.3) is 0 Å². The third-order valence-electron chi connectivity index (χ3n) is 1.68. The molecule has 0 spiro atoms. The van der Waals surface area contributed by atoms with E-state index in [1.165, 1.54) is 5.56 Å². The number of halogens is 4. The number of hydrogen-bond donors (Lipinski definition) is 0. The van der Waals surface area contributed by atoms with Crippen molar-refractivity contribution in [2.45, 2.75) is 19.8 Å². The molecule has 0 radical (unpaired) electrons. The van der Waals surface area contributed by atoms with Gasteiger partial charge in [0, 0.05) is 12.1 Å². The number of diazo groups is 1. The van der Waals surface area contributed by atoms with E-state index in [0.29, 0.717) is 11.6 Å². The Balaban J connectivity index is 0.000000385. The molecule has 2 nitrogen and oxygen atoms in total. The van der Waals surface area contributed by atoms with Crippen LogP contribution in [0.25, 0.3) is 4.98 Å². The number of benzene rings is 1. The third-order valence-corrected chi connectivity index (χ3v) is 1.68. The van der Waals surface area contributed by atoms with Gasteiger partial charge in [0.05, 0.1) is 0 Å². The van der Waals surface area contributed by atoms with E-state index >= 15 is 0 Å². The van der Waals surface area contributed by atoms with Gasteiger partial charge in [-0.05, 0) is 11.5 Å². The highest BCUT2D eigenvalue weighted by atomic mass is 19.5. The van der Waals surface area contributed by atoms with Crippen molar-refractivity contribution in [1.29, 1.82) is 5.39 Å². The predicted molar refractivity (Wildman–Crippen MR) is 55.5 cm³/mol. The first-order chi connectivity index (χ1) is 7.24. The lowest BCUT2D eigenvalue weighted by molar-refractivity contribution is 0.368. The van der Waals surface area contributed by atoms with E-state index < -0.39 is 7.25 Å². The van der Waals surface area contributed by atoms with Crippen molar-refractivity contribution >= 4 is 12.9 Å². The van der Waals surface area contributed by atoms with Crippen LogP contribution in [-0.4, -0.2) is 7.25 Å². The summed E-state index contributed by atoms with van der Waals surface area (Å²) in [6.07, 6.45) is 0. The van der Waals surface area contributed by atoms with Crippen LogP contribution in [0.4, 0.5) is 23.0 Å². The van der Waals surface area contributed by atoms with Gasteiger partial charge in [-0.1, -0.05) is 26.0 Å². The summed E-state index contributed by atoms with van der Waals surface area (Å²) >= 11 is 0. The molecule has 0 unspecified atom stereocenters. The van der Waals surface area contributed by atoms with E-state index in [2.05, 4.69) is 18.8 Å². The summed E-state index contributed by atoms with van der Waals surface area (Å²) < 4.78 is 39.0. The van der Waals surface area contributed by atoms with Crippen LogP contribution >= 0.6 is 0 Å². The standard InChI is InChI=1S/C9H11N2.BF4/c1-7(2)8-3-5-9(11-10)6-4-8;2-1(3,4)5/h3-7H,1-2H3;/q+1;-1. The Morgan fingerprint density at radius 1 is 1.06 bits per heavy atom. The first-order valence-electron chi connectivity index (χ1n) is 4.56. The molecule has 0 amide bonds. The van der Waals surface area contributed by atoms with Crippen LogP contribution in [0.15, 0.2) is 24.3 Å². The van der Waals surface area contributed by atoms with Crippen molar-refractivity contribution in [2.75, 3.05) is 0 Å². The minimum absolute atomic E-state index is 0.530. The Hall–Kier alpha value is -1.58. The van der Waals surface area contributed by atoms with Crippen LogP contribution < -0.4 is 0 Å². The number of nitrogens with zero attached hydrogens (tertiary/aromatic N) is 2. The maximum Gasteiger partial charge on any atom is 0.673 e. The number of rotatable bonds is 1. The van der Waals surface area contributed by atoms with Crippen LogP contribution in [0, 0.1) is 5.39 Å². The van der Waals surface area contributed by atoms with Crippen molar-refractivity contribution in [3.8, 4) is 0 Å². The lowest BCUT2D eigenvalue weighted by Crippen LogP contribution is -2.02. The topological polar surface area (TPSA) is 28.1 Å².